The second-order valence-corrected chi connectivity index (χ2v) is 7.56. The molecule has 2 aromatic rings. The lowest BCUT2D eigenvalue weighted by Gasteiger charge is -2.58. The molecule has 1 saturated heterocycles. The Bertz CT molecular complexity index is 732. The molecule has 2 fully saturated rings. The summed E-state index contributed by atoms with van der Waals surface area (Å²) in [6.45, 7) is 5.39. The summed E-state index contributed by atoms with van der Waals surface area (Å²) < 4.78 is 1.67. The van der Waals surface area contributed by atoms with Gasteiger partial charge in [0.2, 0.25) is 0 Å². The van der Waals surface area contributed by atoms with Crippen LogP contribution in [-0.4, -0.2) is 38.4 Å². The Morgan fingerprint density at radius 2 is 2.00 bits per heavy atom. The van der Waals surface area contributed by atoms with E-state index < -0.39 is 0 Å². The van der Waals surface area contributed by atoms with Gasteiger partial charge in [0.05, 0.1) is 23.6 Å². The molecule has 0 radical (unpaired) electrons. The molecule has 1 atom stereocenters. The Labute approximate surface area is 142 Å². The van der Waals surface area contributed by atoms with Crippen LogP contribution in [0.3, 0.4) is 0 Å². The van der Waals surface area contributed by atoms with Crippen LogP contribution in [-0.2, 0) is 0 Å². The molecule has 2 heterocycles. The zero-order valence-corrected chi connectivity index (χ0v) is 14.4. The minimum absolute atomic E-state index is 0.123. The lowest BCUT2D eigenvalue weighted by molar-refractivity contribution is -0.0701. The summed E-state index contributed by atoms with van der Waals surface area (Å²) in [5.74, 6) is 0.608. The van der Waals surface area contributed by atoms with Gasteiger partial charge in [-0.3, -0.25) is 4.79 Å². The fourth-order valence-electron chi connectivity index (χ4n) is 4.89. The highest BCUT2D eigenvalue weighted by molar-refractivity contribution is 5.98. The number of benzene rings is 1. The van der Waals surface area contributed by atoms with Gasteiger partial charge in [0.15, 0.2) is 0 Å². The predicted molar refractivity (Wildman–Crippen MR) is 91.9 cm³/mol. The molecule has 0 N–H and O–H groups in total. The van der Waals surface area contributed by atoms with Crippen molar-refractivity contribution < 1.29 is 4.79 Å². The van der Waals surface area contributed by atoms with Gasteiger partial charge >= 0.3 is 0 Å². The molecule has 1 saturated carbocycles. The molecule has 1 aliphatic heterocycles. The maximum absolute atomic E-state index is 13.3. The third-order valence-corrected chi connectivity index (χ3v) is 5.74. The van der Waals surface area contributed by atoms with E-state index in [0.29, 0.717) is 22.9 Å². The number of hydrogen-bond donors (Lipinski definition) is 0. The molecule has 1 amide bonds. The molecule has 1 aromatic heterocycles. The molecule has 5 nitrogen and oxygen atoms in total. The highest BCUT2D eigenvalue weighted by atomic mass is 16.2. The average molecular weight is 324 g/mol. The number of rotatable bonds is 3. The fraction of sp³-hybridized carbons (Fsp3) is 0.526. The van der Waals surface area contributed by atoms with Crippen molar-refractivity contribution in [3.63, 3.8) is 0 Å². The van der Waals surface area contributed by atoms with Gasteiger partial charge in [0.1, 0.15) is 0 Å². The normalized spacial score (nSPS) is 22.1. The SMILES string of the molecule is CC(C)C1N(C(=O)c2ccccc2-n2ccnn2)CC12CCCC2. The molecule has 1 unspecified atom stereocenters. The van der Waals surface area contributed by atoms with E-state index >= 15 is 0 Å². The Hall–Kier alpha value is -2.17. The van der Waals surface area contributed by atoms with E-state index in [0.717, 1.165) is 12.2 Å². The van der Waals surface area contributed by atoms with Crippen LogP contribution in [0.1, 0.15) is 49.9 Å². The van der Waals surface area contributed by atoms with Gasteiger partial charge in [-0.2, -0.15) is 0 Å². The number of amides is 1. The number of para-hydroxylation sites is 1. The molecule has 1 aromatic carbocycles. The summed E-state index contributed by atoms with van der Waals surface area (Å²) in [4.78, 5) is 15.4. The summed E-state index contributed by atoms with van der Waals surface area (Å²) in [7, 11) is 0. The van der Waals surface area contributed by atoms with Gasteiger partial charge in [0, 0.05) is 18.0 Å². The minimum atomic E-state index is 0.123. The molecule has 2 aliphatic rings. The second-order valence-electron chi connectivity index (χ2n) is 7.56. The number of carbonyl (C=O) groups excluding carboxylic acids is 1. The third kappa shape index (κ3) is 2.26. The van der Waals surface area contributed by atoms with Crippen LogP contribution in [0.25, 0.3) is 5.69 Å². The van der Waals surface area contributed by atoms with Crippen molar-refractivity contribution in [2.24, 2.45) is 11.3 Å². The van der Waals surface area contributed by atoms with E-state index in [2.05, 4.69) is 29.1 Å². The number of hydrogen-bond acceptors (Lipinski definition) is 3. The van der Waals surface area contributed by atoms with Gasteiger partial charge in [0.25, 0.3) is 5.91 Å². The molecular weight excluding hydrogens is 300 g/mol. The van der Waals surface area contributed by atoms with Crippen molar-refractivity contribution in [2.75, 3.05) is 6.54 Å². The van der Waals surface area contributed by atoms with E-state index in [4.69, 9.17) is 0 Å². The van der Waals surface area contributed by atoms with Crippen molar-refractivity contribution in [3.05, 3.63) is 42.2 Å². The van der Waals surface area contributed by atoms with E-state index in [-0.39, 0.29) is 5.91 Å². The van der Waals surface area contributed by atoms with E-state index in [9.17, 15) is 4.79 Å². The topological polar surface area (TPSA) is 51.0 Å². The van der Waals surface area contributed by atoms with E-state index in [1.54, 1.807) is 17.1 Å². The molecule has 5 heteroatoms. The predicted octanol–water partition coefficient (Wildman–Crippen LogP) is 3.31. The summed E-state index contributed by atoms with van der Waals surface area (Å²) in [6.07, 6.45) is 8.56. The third-order valence-electron chi connectivity index (χ3n) is 5.74. The zero-order valence-electron chi connectivity index (χ0n) is 14.4. The quantitative estimate of drug-likeness (QED) is 0.870. The summed E-state index contributed by atoms with van der Waals surface area (Å²) in [5, 5.41) is 7.92. The highest BCUT2D eigenvalue weighted by Crippen LogP contribution is 2.53. The second kappa shape index (κ2) is 5.72. The molecule has 1 aliphatic carbocycles. The Morgan fingerprint density at radius 3 is 2.67 bits per heavy atom. The maximum atomic E-state index is 13.3. The molecule has 24 heavy (non-hydrogen) atoms. The van der Waals surface area contributed by atoms with Crippen molar-refractivity contribution in [3.8, 4) is 5.69 Å². The van der Waals surface area contributed by atoms with Gasteiger partial charge in [-0.25, -0.2) is 4.68 Å². The lowest BCUT2D eigenvalue weighted by atomic mass is 9.65. The first-order chi connectivity index (χ1) is 11.6. The smallest absolute Gasteiger partial charge is 0.256 e. The van der Waals surface area contributed by atoms with Crippen LogP contribution in [0, 0.1) is 11.3 Å². The molecule has 1 spiro atoms. The van der Waals surface area contributed by atoms with Crippen LogP contribution in [0.2, 0.25) is 0 Å². The van der Waals surface area contributed by atoms with Crippen molar-refractivity contribution >= 4 is 5.91 Å². The van der Waals surface area contributed by atoms with Crippen LogP contribution in [0.15, 0.2) is 36.7 Å². The van der Waals surface area contributed by atoms with Crippen LogP contribution < -0.4 is 0 Å². The molecule has 126 valence electrons. The summed E-state index contributed by atoms with van der Waals surface area (Å²) in [5.41, 5.74) is 1.88. The lowest BCUT2D eigenvalue weighted by Crippen LogP contribution is -2.67. The van der Waals surface area contributed by atoms with Crippen LogP contribution >= 0.6 is 0 Å². The molecular formula is C19H24N4O. The largest absolute Gasteiger partial charge is 0.334 e. The minimum Gasteiger partial charge on any atom is -0.334 e. The number of carbonyl (C=O) groups is 1. The van der Waals surface area contributed by atoms with Crippen molar-refractivity contribution in [1.29, 1.82) is 0 Å². The summed E-state index contributed by atoms with van der Waals surface area (Å²) in [6, 6.07) is 8.04. The monoisotopic (exact) mass is 324 g/mol. The summed E-state index contributed by atoms with van der Waals surface area (Å²) >= 11 is 0. The Morgan fingerprint density at radius 1 is 1.25 bits per heavy atom. The first-order valence-corrected chi connectivity index (χ1v) is 8.89. The Balaban J connectivity index is 1.66. The highest BCUT2D eigenvalue weighted by Gasteiger charge is 2.56. The maximum Gasteiger partial charge on any atom is 0.256 e. The first-order valence-electron chi connectivity index (χ1n) is 8.89. The average Bonchev–Trinajstić information content (AvgIpc) is 3.24. The number of nitrogens with zero attached hydrogens (tertiary/aromatic N) is 4. The molecule has 4 rings (SSSR count). The van der Waals surface area contributed by atoms with E-state index in [1.807, 2.05) is 24.3 Å². The van der Waals surface area contributed by atoms with Gasteiger partial charge in [-0.15, -0.1) is 5.10 Å². The van der Waals surface area contributed by atoms with Crippen LogP contribution in [0.5, 0.6) is 0 Å². The van der Waals surface area contributed by atoms with E-state index in [1.165, 1.54) is 25.7 Å². The first kappa shape index (κ1) is 15.4. The number of likely N-dealkylation sites (tertiary alicyclic amines) is 1. The van der Waals surface area contributed by atoms with Gasteiger partial charge < -0.3 is 4.90 Å². The van der Waals surface area contributed by atoms with Gasteiger partial charge in [-0.1, -0.05) is 44.0 Å². The molecule has 0 bridgehead atoms. The van der Waals surface area contributed by atoms with Gasteiger partial charge in [-0.05, 0) is 30.9 Å². The standard InChI is InChI=1S/C19H24N4O/c1-14(2)17-19(9-5-6-10-19)13-22(17)18(24)15-7-3-4-8-16(15)23-12-11-20-21-23/h3-4,7-8,11-12,14,17H,5-6,9-10,13H2,1-2H3. The van der Waals surface area contributed by atoms with Crippen LogP contribution in [0.4, 0.5) is 0 Å². The number of aromatic nitrogens is 3. The van der Waals surface area contributed by atoms with Crippen molar-refractivity contribution in [1.82, 2.24) is 19.9 Å². The Kier molecular flexibility index (Phi) is 3.66. The zero-order chi connectivity index (χ0) is 16.7. The van der Waals surface area contributed by atoms with Crippen molar-refractivity contribution in [2.45, 2.75) is 45.6 Å². The fourth-order valence-corrected chi connectivity index (χ4v) is 4.89.